The van der Waals surface area contributed by atoms with Crippen molar-refractivity contribution in [3.05, 3.63) is 40.8 Å². The number of benzene rings is 1. The minimum Gasteiger partial charge on any atom is -0.493 e. The van der Waals surface area contributed by atoms with Gasteiger partial charge in [-0.05, 0) is 42.0 Å². The first-order valence-electron chi connectivity index (χ1n) is 6.86. The highest BCUT2D eigenvalue weighted by atomic mass is 32.2. The van der Waals surface area contributed by atoms with Gasteiger partial charge in [0.05, 0.1) is 12.0 Å². The van der Waals surface area contributed by atoms with Crippen LogP contribution >= 0.6 is 11.8 Å². The number of rotatable bonds is 7. The summed E-state index contributed by atoms with van der Waals surface area (Å²) in [6.07, 6.45) is 3.61. The van der Waals surface area contributed by atoms with E-state index in [0.29, 0.717) is 29.0 Å². The van der Waals surface area contributed by atoms with E-state index in [1.54, 1.807) is 24.3 Å². The van der Waals surface area contributed by atoms with Crippen LogP contribution in [0.1, 0.15) is 11.1 Å². The fraction of sp³-hybridized carbons (Fsp3) is 0.188. The van der Waals surface area contributed by atoms with Crippen molar-refractivity contribution in [2.45, 2.75) is 6.42 Å². The van der Waals surface area contributed by atoms with E-state index in [2.05, 4.69) is 11.9 Å². The Hall–Kier alpha value is -2.74. The second-order valence-corrected chi connectivity index (χ2v) is 5.75. The molecule has 1 aromatic rings. The number of allylic oxidation sites excluding steroid dienone is 1. The first kappa shape index (κ1) is 17.6. The summed E-state index contributed by atoms with van der Waals surface area (Å²) in [5.41, 5.74) is 1.28. The van der Waals surface area contributed by atoms with Crippen molar-refractivity contribution in [3.8, 4) is 11.5 Å². The zero-order valence-electron chi connectivity index (χ0n) is 12.8. The molecular formula is C16H15NO6S. The molecule has 1 saturated heterocycles. The van der Waals surface area contributed by atoms with Gasteiger partial charge in [0.2, 0.25) is 0 Å². The fourth-order valence-electron chi connectivity index (χ4n) is 2.10. The summed E-state index contributed by atoms with van der Waals surface area (Å²) in [7, 11) is 1.43. The lowest BCUT2D eigenvalue weighted by molar-refractivity contribution is -0.139. The lowest BCUT2D eigenvalue weighted by atomic mass is 10.0. The number of nitrogens with one attached hydrogen (secondary N) is 1. The molecular weight excluding hydrogens is 334 g/mol. The lowest BCUT2D eigenvalue weighted by Gasteiger charge is -2.14. The molecule has 0 unspecified atom stereocenters. The van der Waals surface area contributed by atoms with Crippen LogP contribution in [0.2, 0.25) is 0 Å². The smallest absolute Gasteiger partial charge is 0.341 e. The van der Waals surface area contributed by atoms with E-state index in [0.717, 1.165) is 11.8 Å². The second kappa shape index (κ2) is 7.69. The maximum absolute atomic E-state index is 11.6. The maximum atomic E-state index is 11.6. The van der Waals surface area contributed by atoms with Gasteiger partial charge in [-0.3, -0.25) is 14.9 Å². The van der Waals surface area contributed by atoms with Gasteiger partial charge >= 0.3 is 5.97 Å². The molecule has 0 atom stereocenters. The number of carboxylic acids is 1. The van der Waals surface area contributed by atoms with Crippen LogP contribution in [-0.4, -0.2) is 35.9 Å². The quantitative estimate of drug-likeness (QED) is 0.575. The van der Waals surface area contributed by atoms with Gasteiger partial charge in [0, 0.05) is 5.56 Å². The molecule has 1 aromatic carbocycles. The Kier molecular flexibility index (Phi) is 5.64. The Bertz CT molecular complexity index is 740. The number of amides is 2. The molecule has 2 rings (SSSR count). The molecule has 0 bridgehead atoms. The third-order valence-corrected chi connectivity index (χ3v) is 3.83. The van der Waals surface area contributed by atoms with Crippen molar-refractivity contribution in [2.24, 2.45) is 0 Å². The minimum atomic E-state index is -1.11. The second-order valence-electron chi connectivity index (χ2n) is 4.74. The van der Waals surface area contributed by atoms with E-state index in [1.165, 1.54) is 7.11 Å². The molecule has 1 heterocycles. The first-order valence-corrected chi connectivity index (χ1v) is 7.67. The van der Waals surface area contributed by atoms with Gasteiger partial charge in [0.25, 0.3) is 11.1 Å². The zero-order valence-corrected chi connectivity index (χ0v) is 13.6. The van der Waals surface area contributed by atoms with Gasteiger partial charge in [-0.1, -0.05) is 6.08 Å². The summed E-state index contributed by atoms with van der Waals surface area (Å²) in [5, 5.41) is 10.5. The molecule has 0 saturated carbocycles. The molecule has 1 fully saturated rings. The van der Waals surface area contributed by atoms with Gasteiger partial charge in [-0.2, -0.15) is 0 Å². The van der Waals surface area contributed by atoms with E-state index in [4.69, 9.17) is 14.6 Å². The van der Waals surface area contributed by atoms with Crippen LogP contribution in [0.4, 0.5) is 4.79 Å². The van der Waals surface area contributed by atoms with Crippen LogP contribution in [-0.2, 0) is 16.0 Å². The zero-order chi connectivity index (χ0) is 17.7. The standard InChI is InChI=1S/C16H15NO6S/c1-3-4-10-5-9(7-12-15(20)17-16(21)24-12)6-11(22-2)14(10)23-8-13(18)19/h3,5-7H,1,4,8H2,2H3,(H,18,19)(H,17,20,21). The maximum Gasteiger partial charge on any atom is 0.341 e. The van der Waals surface area contributed by atoms with Crippen LogP contribution < -0.4 is 14.8 Å². The molecule has 24 heavy (non-hydrogen) atoms. The van der Waals surface area contributed by atoms with Gasteiger partial charge in [-0.15, -0.1) is 6.58 Å². The highest BCUT2D eigenvalue weighted by Crippen LogP contribution is 2.35. The number of ether oxygens (including phenoxy) is 2. The van der Waals surface area contributed by atoms with E-state index in [1.807, 2.05) is 0 Å². The van der Waals surface area contributed by atoms with E-state index in [-0.39, 0.29) is 4.91 Å². The van der Waals surface area contributed by atoms with E-state index < -0.39 is 23.7 Å². The third-order valence-electron chi connectivity index (χ3n) is 3.02. The molecule has 7 nitrogen and oxygen atoms in total. The number of hydrogen-bond donors (Lipinski definition) is 2. The monoisotopic (exact) mass is 349 g/mol. The molecule has 1 aliphatic rings. The van der Waals surface area contributed by atoms with Crippen LogP contribution in [0.15, 0.2) is 29.7 Å². The average Bonchev–Trinajstić information content (AvgIpc) is 2.83. The normalized spacial score (nSPS) is 15.3. The van der Waals surface area contributed by atoms with Crippen molar-refractivity contribution in [1.82, 2.24) is 5.32 Å². The van der Waals surface area contributed by atoms with Gasteiger partial charge in [0.15, 0.2) is 18.1 Å². The lowest BCUT2D eigenvalue weighted by Crippen LogP contribution is -2.17. The fourth-order valence-corrected chi connectivity index (χ4v) is 2.78. The minimum absolute atomic E-state index is 0.269. The Balaban J connectivity index is 2.43. The molecule has 0 aliphatic carbocycles. The molecule has 0 radical (unpaired) electrons. The molecule has 126 valence electrons. The molecule has 0 spiro atoms. The summed E-state index contributed by atoms with van der Waals surface area (Å²) >= 11 is 0.811. The highest BCUT2D eigenvalue weighted by Gasteiger charge is 2.25. The largest absolute Gasteiger partial charge is 0.493 e. The molecule has 2 amide bonds. The summed E-state index contributed by atoms with van der Waals surface area (Å²) in [6.45, 7) is 3.16. The highest BCUT2D eigenvalue weighted by molar-refractivity contribution is 8.18. The van der Waals surface area contributed by atoms with Crippen molar-refractivity contribution in [1.29, 1.82) is 0 Å². The van der Waals surface area contributed by atoms with E-state index >= 15 is 0 Å². The summed E-state index contributed by atoms with van der Waals surface area (Å²) in [4.78, 5) is 33.9. The average molecular weight is 349 g/mol. The summed E-state index contributed by atoms with van der Waals surface area (Å²) in [6, 6.07) is 3.33. The Labute approximate surface area is 142 Å². The predicted octanol–water partition coefficient (Wildman–Crippen LogP) is 2.21. The van der Waals surface area contributed by atoms with Crippen molar-refractivity contribution in [2.75, 3.05) is 13.7 Å². The number of imide groups is 1. The SMILES string of the molecule is C=CCc1cc(C=C2SC(=O)NC2=O)cc(OC)c1OCC(=O)O. The number of hydrogen-bond acceptors (Lipinski definition) is 6. The van der Waals surface area contributed by atoms with Gasteiger partial charge in [0.1, 0.15) is 0 Å². The first-order chi connectivity index (χ1) is 11.4. The van der Waals surface area contributed by atoms with Gasteiger partial charge in [-0.25, -0.2) is 4.79 Å². The van der Waals surface area contributed by atoms with Crippen LogP contribution in [0.3, 0.4) is 0 Å². The topological polar surface area (TPSA) is 102 Å². The summed E-state index contributed by atoms with van der Waals surface area (Å²) in [5.74, 6) is -0.926. The Morgan fingerprint density at radius 2 is 2.17 bits per heavy atom. The van der Waals surface area contributed by atoms with Crippen LogP contribution in [0, 0.1) is 0 Å². The number of aliphatic carboxylic acids is 1. The van der Waals surface area contributed by atoms with Crippen molar-refractivity contribution < 1.29 is 29.0 Å². The number of carboxylic acid groups (broad SMARTS) is 1. The molecule has 1 aliphatic heterocycles. The van der Waals surface area contributed by atoms with Crippen LogP contribution in [0.25, 0.3) is 6.08 Å². The van der Waals surface area contributed by atoms with Crippen LogP contribution in [0.5, 0.6) is 11.5 Å². The number of carbonyl (C=O) groups is 3. The third kappa shape index (κ3) is 4.17. The predicted molar refractivity (Wildman–Crippen MR) is 89.1 cm³/mol. The van der Waals surface area contributed by atoms with Crippen molar-refractivity contribution in [3.63, 3.8) is 0 Å². The van der Waals surface area contributed by atoms with E-state index in [9.17, 15) is 14.4 Å². The molecule has 0 aromatic heterocycles. The number of thioether (sulfide) groups is 1. The molecule has 8 heteroatoms. The number of methoxy groups -OCH3 is 1. The van der Waals surface area contributed by atoms with Crippen molar-refractivity contribution >= 4 is 35.0 Å². The Morgan fingerprint density at radius 1 is 1.42 bits per heavy atom. The Morgan fingerprint density at radius 3 is 2.71 bits per heavy atom. The van der Waals surface area contributed by atoms with Gasteiger partial charge < -0.3 is 14.6 Å². The summed E-state index contributed by atoms with van der Waals surface area (Å²) < 4.78 is 10.6. The molecule has 2 N–H and O–H groups in total. The number of carbonyl (C=O) groups excluding carboxylic acids is 2.